The molecular weight excluding hydrogens is 298 g/mol. The summed E-state index contributed by atoms with van der Waals surface area (Å²) in [6.07, 6.45) is 0. The summed E-state index contributed by atoms with van der Waals surface area (Å²) in [6, 6.07) is 20.8. The van der Waals surface area contributed by atoms with Gasteiger partial charge in [-0.1, -0.05) is 42.5 Å². The molecule has 0 aromatic heterocycles. The van der Waals surface area contributed by atoms with Crippen molar-refractivity contribution in [2.75, 3.05) is 7.11 Å². The van der Waals surface area contributed by atoms with Crippen LogP contribution in [0.1, 0.15) is 29.7 Å². The highest BCUT2D eigenvalue weighted by Gasteiger charge is 2.08. The lowest BCUT2D eigenvalue weighted by atomic mass is 10.0. The van der Waals surface area contributed by atoms with Gasteiger partial charge >= 0.3 is 0 Å². The number of benzene rings is 3. The van der Waals surface area contributed by atoms with Gasteiger partial charge in [-0.2, -0.15) is 0 Å². The summed E-state index contributed by atoms with van der Waals surface area (Å²) in [7, 11) is 1.69. The number of hydrogen-bond acceptors (Lipinski definition) is 3. The average Bonchev–Trinajstić information content (AvgIpc) is 2.65. The first-order valence-corrected chi connectivity index (χ1v) is 8.20. The molecule has 0 aliphatic carbocycles. The molecule has 0 heterocycles. The molecule has 24 heavy (non-hydrogen) atoms. The molecule has 0 fully saturated rings. The van der Waals surface area contributed by atoms with Crippen LogP contribution in [0, 0.1) is 0 Å². The molecule has 124 valence electrons. The van der Waals surface area contributed by atoms with Gasteiger partial charge in [0, 0.05) is 12.6 Å². The predicted molar refractivity (Wildman–Crippen MR) is 98.1 cm³/mol. The quantitative estimate of drug-likeness (QED) is 0.715. The Kier molecular flexibility index (Phi) is 5.14. The first-order valence-electron chi connectivity index (χ1n) is 8.20. The second-order valence-corrected chi connectivity index (χ2v) is 6.00. The largest absolute Gasteiger partial charge is 0.497 e. The van der Waals surface area contributed by atoms with E-state index in [1.54, 1.807) is 7.11 Å². The number of fused-ring (bicyclic) bond motifs is 1. The summed E-state index contributed by atoms with van der Waals surface area (Å²) < 4.78 is 5.28. The summed E-state index contributed by atoms with van der Waals surface area (Å²) >= 11 is 0. The standard InChI is InChI=1S/C21H23NO2/c1-15(22-13-19-5-3-4-6-20(19)14-23)16-7-8-18-12-21(24-2)10-9-17(18)11-16/h3-12,15,22-23H,13-14H2,1-2H3. The highest BCUT2D eigenvalue weighted by atomic mass is 16.5. The maximum atomic E-state index is 9.42. The van der Waals surface area contributed by atoms with Crippen LogP contribution in [0.5, 0.6) is 5.75 Å². The van der Waals surface area contributed by atoms with E-state index in [-0.39, 0.29) is 12.6 Å². The van der Waals surface area contributed by atoms with E-state index in [4.69, 9.17) is 4.74 Å². The Morgan fingerprint density at radius 3 is 2.42 bits per heavy atom. The van der Waals surface area contributed by atoms with Gasteiger partial charge in [0.2, 0.25) is 0 Å². The minimum absolute atomic E-state index is 0.0735. The number of nitrogens with one attached hydrogen (secondary N) is 1. The van der Waals surface area contributed by atoms with E-state index in [1.165, 1.54) is 16.3 Å². The van der Waals surface area contributed by atoms with E-state index in [9.17, 15) is 5.11 Å². The van der Waals surface area contributed by atoms with Crippen LogP contribution in [0.4, 0.5) is 0 Å². The Balaban J connectivity index is 1.75. The molecule has 0 amide bonds. The Labute approximate surface area is 142 Å². The maximum Gasteiger partial charge on any atom is 0.119 e. The van der Waals surface area contributed by atoms with Gasteiger partial charge in [-0.3, -0.25) is 0 Å². The molecule has 0 saturated carbocycles. The van der Waals surface area contributed by atoms with Gasteiger partial charge in [-0.05, 0) is 52.6 Å². The zero-order chi connectivity index (χ0) is 16.9. The van der Waals surface area contributed by atoms with E-state index in [0.29, 0.717) is 0 Å². The van der Waals surface area contributed by atoms with Crippen LogP contribution < -0.4 is 10.1 Å². The number of rotatable bonds is 6. The van der Waals surface area contributed by atoms with Gasteiger partial charge < -0.3 is 15.2 Å². The minimum atomic E-state index is 0.0735. The molecule has 3 aromatic carbocycles. The number of ether oxygens (including phenoxy) is 1. The van der Waals surface area contributed by atoms with Crippen molar-refractivity contribution >= 4 is 10.8 Å². The number of methoxy groups -OCH3 is 1. The molecule has 3 aromatic rings. The molecule has 3 nitrogen and oxygen atoms in total. The van der Waals surface area contributed by atoms with Crippen molar-refractivity contribution in [3.05, 3.63) is 77.4 Å². The van der Waals surface area contributed by atoms with Crippen molar-refractivity contribution in [1.29, 1.82) is 0 Å². The van der Waals surface area contributed by atoms with E-state index < -0.39 is 0 Å². The summed E-state index contributed by atoms with van der Waals surface area (Å²) in [4.78, 5) is 0. The zero-order valence-electron chi connectivity index (χ0n) is 14.1. The maximum absolute atomic E-state index is 9.42. The van der Waals surface area contributed by atoms with Crippen LogP contribution in [-0.2, 0) is 13.2 Å². The molecule has 1 atom stereocenters. The number of aliphatic hydroxyl groups is 1. The molecule has 3 rings (SSSR count). The minimum Gasteiger partial charge on any atom is -0.497 e. The highest BCUT2D eigenvalue weighted by Crippen LogP contribution is 2.24. The van der Waals surface area contributed by atoms with Crippen molar-refractivity contribution in [1.82, 2.24) is 5.32 Å². The number of aliphatic hydroxyl groups excluding tert-OH is 1. The Hall–Kier alpha value is -2.36. The van der Waals surface area contributed by atoms with Crippen molar-refractivity contribution in [3.63, 3.8) is 0 Å². The van der Waals surface area contributed by atoms with E-state index in [2.05, 4.69) is 48.6 Å². The third-order valence-electron chi connectivity index (χ3n) is 4.46. The summed E-state index contributed by atoms with van der Waals surface area (Å²) in [6.45, 7) is 2.97. The normalized spacial score (nSPS) is 12.3. The number of hydrogen-bond donors (Lipinski definition) is 2. The first-order chi connectivity index (χ1) is 11.7. The summed E-state index contributed by atoms with van der Waals surface area (Å²) in [5.74, 6) is 0.877. The predicted octanol–water partition coefficient (Wildman–Crippen LogP) is 4.19. The molecule has 0 bridgehead atoms. The third kappa shape index (κ3) is 3.58. The summed E-state index contributed by atoms with van der Waals surface area (Å²) in [5.41, 5.74) is 3.36. The van der Waals surface area contributed by atoms with Gasteiger partial charge in [0.15, 0.2) is 0 Å². The smallest absolute Gasteiger partial charge is 0.119 e. The van der Waals surface area contributed by atoms with Crippen LogP contribution in [0.25, 0.3) is 10.8 Å². The fourth-order valence-corrected chi connectivity index (χ4v) is 2.90. The molecule has 2 N–H and O–H groups in total. The first kappa shape index (κ1) is 16.5. The van der Waals surface area contributed by atoms with Crippen LogP contribution in [0.3, 0.4) is 0 Å². The van der Waals surface area contributed by atoms with Crippen LogP contribution >= 0.6 is 0 Å². The Bertz CT molecular complexity index is 829. The monoisotopic (exact) mass is 321 g/mol. The zero-order valence-corrected chi connectivity index (χ0v) is 14.1. The second kappa shape index (κ2) is 7.47. The topological polar surface area (TPSA) is 41.5 Å². The van der Waals surface area contributed by atoms with Crippen molar-refractivity contribution < 1.29 is 9.84 Å². The molecule has 0 spiro atoms. The molecule has 1 unspecified atom stereocenters. The van der Waals surface area contributed by atoms with Gasteiger partial charge in [-0.25, -0.2) is 0 Å². The fraction of sp³-hybridized carbons (Fsp3) is 0.238. The Morgan fingerprint density at radius 1 is 0.958 bits per heavy atom. The molecule has 0 radical (unpaired) electrons. The SMILES string of the molecule is COc1ccc2cc(C(C)NCc3ccccc3CO)ccc2c1. The van der Waals surface area contributed by atoms with Gasteiger partial charge in [0.25, 0.3) is 0 Å². The average molecular weight is 321 g/mol. The fourth-order valence-electron chi connectivity index (χ4n) is 2.90. The van der Waals surface area contributed by atoms with Crippen LogP contribution in [-0.4, -0.2) is 12.2 Å². The Morgan fingerprint density at radius 2 is 1.67 bits per heavy atom. The van der Waals surface area contributed by atoms with Crippen LogP contribution in [0.15, 0.2) is 60.7 Å². The third-order valence-corrected chi connectivity index (χ3v) is 4.46. The molecule has 0 aliphatic heterocycles. The van der Waals surface area contributed by atoms with Crippen molar-refractivity contribution in [3.8, 4) is 5.75 Å². The lowest BCUT2D eigenvalue weighted by molar-refractivity contribution is 0.280. The van der Waals surface area contributed by atoms with Crippen molar-refractivity contribution in [2.24, 2.45) is 0 Å². The van der Waals surface area contributed by atoms with Gasteiger partial charge in [-0.15, -0.1) is 0 Å². The van der Waals surface area contributed by atoms with E-state index >= 15 is 0 Å². The molecule has 0 saturated heterocycles. The second-order valence-electron chi connectivity index (χ2n) is 6.00. The van der Waals surface area contributed by atoms with E-state index in [0.717, 1.165) is 23.4 Å². The lowest BCUT2D eigenvalue weighted by Gasteiger charge is -2.16. The summed E-state index contributed by atoms with van der Waals surface area (Å²) in [5, 5.41) is 15.3. The van der Waals surface area contributed by atoms with Crippen LogP contribution in [0.2, 0.25) is 0 Å². The van der Waals surface area contributed by atoms with Gasteiger partial charge in [0.1, 0.15) is 5.75 Å². The molecular formula is C21H23NO2. The molecule has 3 heteroatoms. The van der Waals surface area contributed by atoms with E-state index in [1.807, 2.05) is 24.3 Å². The van der Waals surface area contributed by atoms with Crippen molar-refractivity contribution in [2.45, 2.75) is 26.1 Å². The molecule has 0 aliphatic rings. The highest BCUT2D eigenvalue weighted by molar-refractivity contribution is 5.84. The lowest BCUT2D eigenvalue weighted by Crippen LogP contribution is -2.19. The van der Waals surface area contributed by atoms with Gasteiger partial charge in [0.05, 0.1) is 13.7 Å².